The van der Waals surface area contributed by atoms with Gasteiger partial charge in [-0.15, -0.1) is 0 Å². The quantitative estimate of drug-likeness (QED) is 0.554. The lowest BCUT2D eigenvalue weighted by atomic mass is 10.0. The summed E-state index contributed by atoms with van der Waals surface area (Å²) in [4.78, 5) is 18.9. The normalized spacial score (nSPS) is 14.6. The fourth-order valence-corrected chi connectivity index (χ4v) is 2.60. The van der Waals surface area contributed by atoms with Gasteiger partial charge < -0.3 is 10.2 Å². The molecule has 7 heteroatoms. The van der Waals surface area contributed by atoms with Crippen molar-refractivity contribution in [1.82, 2.24) is 15.4 Å². The molecule has 4 rings (SSSR count). The molecule has 3 heterocycles. The molecule has 0 aliphatic carbocycles. The van der Waals surface area contributed by atoms with Crippen molar-refractivity contribution in [1.29, 1.82) is 0 Å². The zero-order valence-corrected chi connectivity index (χ0v) is 12.1. The number of fused-ring (bicyclic) bond motifs is 1. The van der Waals surface area contributed by atoms with Crippen LogP contribution in [0.5, 0.6) is 0 Å². The van der Waals surface area contributed by atoms with Crippen molar-refractivity contribution in [2.45, 2.75) is 12.8 Å². The van der Waals surface area contributed by atoms with Gasteiger partial charge in [0.15, 0.2) is 12.4 Å². The van der Waals surface area contributed by atoms with E-state index in [1.165, 1.54) is 12.4 Å². The van der Waals surface area contributed by atoms with E-state index in [0.29, 0.717) is 18.7 Å². The largest absolute Gasteiger partial charge is 0.619 e. The van der Waals surface area contributed by atoms with Gasteiger partial charge in [0, 0.05) is 24.5 Å². The van der Waals surface area contributed by atoms with Crippen molar-refractivity contribution >= 4 is 22.7 Å². The van der Waals surface area contributed by atoms with Gasteiger partial charge in [0.2, 0.25) is 5.91 Å². The third-order valence-electron chi connectivity index (χ3n) is 3.77. The average molecular weight is 307 g/mol. The summed E-state index contributed by atoms with van der Waals surface area (Å²) in [6.07, 6.45) is 3.96. The molecule has 0 saturated carbocycles. The van der Waals surface area contributed by atoms with Crippen LogP contribution in [0.1, 0.15) is 18.4 Å². The summed E-state index contributed by atoms with van der Waals surface area (Å²) in [6, 6.07) is 9.31. The first-order chi connectivity index (χ1) is 11.2. The molecule has 3 aromatic rings. The summed E-state index contributed by atoms with van der Waals surface area (Å²) in [5, 5.41) is 15.5. The molecule has 0 spiro atoms. The summed E-state index contributed by atoms with van der Waals surface area (Å²) >= 11 is 0. The molecule has 1 amide bonds. The van der Waals surface area contributed by atoms with E-state index in [0.717, 1.165) is 32.6 Å². The molecule has 7 nitrogen and oxygen atoms in total. The number of carbonyl (C=O) groups excluding carboxylic acids is 1. The Hall–Kier alpha value is -3.22. The van der Waals surface area contributed by atoms with Gasteiger partial charge in [-0.1, -0.05) is 6.07 Å². The number of aromatic nitrogens is 3. The first kappa shape index (κ1) is 13.4. The van der Waals surface area contributed by atoms with E-state index < -0.39 is 0 Å². The van der Waals surface area contributed by atoms with Crippen LogP contribution in [0.3, 0.4) is 0 Å². The van der Waals surface area contributed by atoms with Crippen molar-refractivity contribution in [2.75, 3.05) is 0 Å². The number of hydrogen-bond acceptors (Lipinski definition) is 4. The number of hydrazone groups is 1. The second-order valence-corrected chi connectivity index (χ2v) is 5.36. The van der Waals surface area contributed by atoms with Crippen molar-refractivity contribution < 1.29 is 9.52 Å². The molecule has 23 heavy (non-hydrogen) atoms. The second-order valence-electron chi connectivity index (χ2n) is 5.36. The first-order valence-corrected chi connectivity index (χ1v) is 7.24. The Labute approximate surface area is 131 Å². The van der Waals surface area contributed by atoms with Crippen LogP contribution in [0.25, 0.3) is 22.4 Å². The maximum atomic E-state index is 11.4. The number of imidazole rings is 1. The predicted octanol–water partition coefficient (Wildman–Crippen LogP) is 1.48. The second kappa shape index (κ2) is 5.20. The van der Waals surface area contributed by atoms with E-state index in [2.05, 4.69) is 20.5 Å². The van der Waals surface area contributed by atoms with Gasteiger partial charge >= 0.3 is 0 Å². The van der Waals surface area contributed by atoms with Gasteiger partial charge in [0.25, 0.3) is 0 Å². The lowest BCUT2D eigenvalue weighted by Gasteiger charge is -2.11. The van der Waals surface area contributed by atoms with Crippen LogP contribution >= 0.6 is 0 Å². The fourth-order valence-electron chi connectivity index (χ4n) is 2.60. The highest BCUT2D eigenvalue weighted by Crippen LogP contribution is 2.21. The molecule has 0 atom stereocenters. The number of H-pyrrole nitrogens is 1. The van der Waals surface area contributed by atoms with E-state index in [9.17, 15) is 10.0 Å². The van der Waals surface area contributed by atoms with Gasteiger partial charge in [-0.05, 0) is 18.2 Å². The Kier molecular flexibility index (Phi) is 3.04. The number of nitrogens with one attached hydrogen (secondary N) is 2. The Morgan fingerprint density at radius 2 is 2.09 bits per heavy atom. The van der Waals surface area contributed by atoms with Gasteiger partial charge in [0.05, 0.1) is 22.3 Å². The van der Waals surface area contributed by atoms with Crippen LogP contribution in [0, 0.1) is 5.21 Å². The van der Waals surface area contributed by atoms with E-state index in [-0.39, 0.29) is 5.91 Å². The Morgan fingerprint density at radius 1 is 1.17 bits per heavy atom. The molecule has 1 aliphatic rings. The smallest absolute Gasteiger partial charge is 0.240 e. The first-order valence-electron chi connectivity index (χ1n) is 7.24. The van der Waals surface area contributed by atoms with Crippen LogP contribution in [-0.2, 0) is 4.79 Å². The zero-order valence-electron chi connectivity index (χ0n) is 12.1. The minimum Gasteiger partial charge on any atom is -0.619 e. The molecule has 0 unspecified atom stereocenters. The lowest BCUT2D eigenvalue weighted by Crippen LogP contribution is -2.25. The third kappa shape index (κ3) is 2.52. The van der Waals surface area contributed by atoms with E-state index in [4.69, 9.17) is 0 Å². The van der Waals surface area contributed by atoms with Crippen LogP contribution < -0.4 is 10.2 Å². The molecular weight excluding hydrogens is 294 g/mol. The van der Waals surface area contributed by atoms with Crippen LogP contribution in [0.15, 0.2) is 47.8 Å². The average Bonchev–Trinajstić information content (AvgIpc) is 2.99. The number of carbonyl (C=O) groups is 1. The minimum absolute atomic E-state index is 0.0631. The summed E-state index contributed by atoms with van der Waals surface area (Å²) in [7, 11) is 0. The molecule has 0 fully saturated rings. The molecule has 2 aromatic heterocycles. The molecule has 2 N–H and O–H groups in total. The number of pyridine rings is 1. The number of benzene rings is 1. The molecule has 0 radical (unpaired) electrons. The van der Waals surface area contributed by atoms with Crippen molar-refractivity contribution in [3.05, 3.63) is 53.5 Å². The minimum atomic E-state index is -0.0631. The predicted molar refractivity (Wildman–Crippen MR) is 84.4 cm³/mol. The highest BCUT2D eigenvalue weighted by atomic mass is 16.5. The number of amides is 1. The van der Waals surface area contributed by atoms with Crippen LogP contribution in [-0.4, -0.2) is 21.6 Å². The number of rotatable bonds is 2. The van der Waals surface area contributed by atoms with Crippen molar-refractivity contribution in [2.24, 2.45) is 5.10 Å². The van der Waals surface area contributed by atoms with E-state index >= 15 is 0 Å². The van der Waals surface area contributed by atoms with Crippen molar-refractivity contribution in [3.8, 4) is 11.4 Å². The number of aromatic amines is 1. The lowest BCUT2D eigenvalue weighted by molar-refractivity contribution is -0.604. The highest BCUT2D eigenvalue weighted by molar-refractivity contribution is 6.05. The van der Waals surface area contributed by atoms with Gasteiger partial charge in [0.1, 0.15) is 5.82 Å². The fraction of sp³-hybridized carbons (Fsp3) is 0.125. The summed E-state index contributed by atoms with van der Waals surface area (Å²) < 4.78 is 0.743. The van der Waals surface area contributed by atoms with E-state index in [1.807, 2.05) is 24.3 Å². The Bertz CT molecular complexity index is 945. The van der Waals surface area contributed by atoms with E-state index in [1.54, 1.807) is 6.07 Å². The van der Waals surface area contributed by atoms with Gasteiger partial charge in [-0.3, -0.25) is 4.79 Å². The van der Waals surface area contributed by atoms with Gasteiger partial charge in [-0.25, -0.2) is 10.4 Å². The third-order valence-corrected chi connectivity index (χ3v) is 3.77. The molecule has 1 aliphatic heterocycles. The summed E-state index contributed by atoms with van der Waals surface area (Å²) in [5.41, 5.74) is 6.67. The maximum Gasteiger partial charge on any atom is 0.240 e. The van der Waals surface area contributed by atoms with Crippen LogP contribution in [0.4, 0.5) is 0 Å². The Morgan fingerprint density at radius 3 is 2.87 bits per heavy atom. The summed E-state index contributed by atoms with van der Waals surface area (Å²) in [6.45, 7) is 0. The topological polar surface area (TPSA) is 97.1 Å². The van der Waals surface area contributed by atoms with Crippen LogP contribution in [0.2, 0.25) is 0 Å². The monoisotopic (exact) mass is 307 g/mol. The summed E-state index contributed by atoms with van der Waals surface area (Å²) in [5.74, 6) is 0.577. The molecule has 1 aromatic carbocycles. The Balaban J connectivity index is 1.74. The SMILES string of the molecule is O=C1CCC(c2ccc3[nH]c(-c4ccc[n+]([O-])c4)nc3c2)=NN1. The highest BCUT2D eigenvalue weighted by Gasteiger charge is 2.15. The standard InChI is InChI=1S/C16H13N5O2/c22-15-6-5-12(19-20-15)10-3-4-13-14(8-10)18-16(17-13)11-2-1-7-21(23)9-11/h1-4,7-9H,5-6H2,(H,17,18)(H,20,22). The molecule has 0 saturated heterocycles. The van der Waals surface area contributed by atoms with Crippen molar-refractivity contribution in [3.63, 3.8) is 0 Å². The van der Waals surface area contributed by atoms with Gasteiger partial charge in [-0.2, -0.15) is 9.83 Å². The maximum absolute atomic E-state index is 11.4. The molecule has 0 bridgehead atoms. The molecule has 114 valence electrons. The number of nitrogens with zero attached hydrogens (tertiary/aromatic N) is 3. The zero-order chi connectivity index (χ0) is 15.8. The molecular formula is C16H13N5O2. The number of hydrogen-bond donors (Lipinski definition) is 2.